The number of ether oxygens (including phenoxy) is 1. The highest BCUT2D eigenvalue weighted by Gasteiger charge is 2.39. The number of nitrogens with one attached hydrogen (secondary N) is 2. The summed E-state index contributed by atoms with van der Waals surface area (Å²) < 4.78 is 5.17. The van der Waals surface area contributed by atoms with Crippen molar-refractivity contribution in [3.8, 4) is 0 Å². The number of tetrazole rings is 1. The van der Waals surface area contributed by atoms with Gasteiger partial charge in [-0.1, -0.05) is 5.21 Å². The van der Waals surface area contributed by atoms with Gasteiger partial charge in [0.2, 0.25) is 0 Å². The van der Waals surface area contributed by atoms with Crippen molar-refractivity contribution in [2.24, 2.45) is 5.92 Å². The molecule has 2 heterocycles. The molecule has 1 fully saturated rings. The second-order valence-electron chi connectivity index (χ2n) is 4.32. The Hall–Kier alpha value is -2.23. The van der Waals surface area contributed by atoms with Gasteiger partial charge in [-0.05, 0) is 6.92 Å². The lowest BCUT2D eigenvalue weighted by Gasteiger charge is -2.29. The number of nitrogens with zero attached hydrogens (tertiary/aromatic N) is 4. The molecule has 0 bridgehead atoms. The quantitative estimate of drug-likeness (QED) is 0.620. The number of carboxylic acids is 1. The number of hydrogen-bond donors (Lipinski definition) is 3. The van der Waals surface area contributed by atoms with Crippen molar-refractivity contribution in [1.29, 1.82) is 0 Å². The maximum Gasteiger partial charge on any atom is 0.318 e. The van der Waals surface area contributed by atoms with Gasteiger partial charge in [-0.25, -0.2) is 4.79 Å². The maximum atomic E-state index is 12.1. The van der Waals surface area contributed by atoms with Gasteiger partial charge in [0.25, 0.3) is 0 Å². The zero-order chi connectivity index (χ0) is 14.5. The molecule has 10 nitrogen and oxygen atoms in total. The number of carboxylic acid groups (broad SMARTS) is 1. The fourth-order valence-corrected chi connectivity index (χ4v) is 2.13. The first-order valence-electron chi connectivity index (χ1n) is 6.20. The first kappa shape index (κ1) is 14.2. The average Bonchev–Trinajstić information content (AvgIpc) is 3.08. The summed E-state index contributed by atoms with van der Waals surface area (Å²) in [6.07, 6.45) is 0. The largest absolute Gasteiger partial charge is 0.481 e. The van der Waals surface area contributed by atoms with E-state index in [1.54, 1.807) is 6.92 Å². The van der Waals surface area contributed by atoms with Gasteiger partial charge in [-0.15, -0.1) is 10.2 Å². The van der Waals surface area contributed by atoms with E-state index in [1.807, 2.05) is 0 Å². The van der Waals surface area contributed by atoms with E-state index in [-0.39, 0.29) is 25.8 Å². The van der Waals surface area contributed by atoms with E-state index in [4.69, 9.17) is 9.84 Å². The van der Waals surface area contributed by atoms with Gasteiger partial charge in [0.05, 0.1) is 25.8 Å². The molecule has 2 atom stereocenters. The van der Waals surface area contributed by atoms with Crippen LogP contribution < -0.4 is 5.32 Å². The summed E-state index contributed by atoms with van der Waals surface area (Å²) in [5.74, 6) is -1.31. The normalized spacial score (nSPS) is 21.6. The first-order valence-corrected chi connectivity index (χ1v) is 6.20. The predicted octanol–water partition coefficient (Wildman–Crippen LogP) is -1.17. The van der Waals surface area contributed by atoms with Crippen molar-refractivity contribution >= 4 is 12.0 Å². The van der Waals surface area contributed by atoms with E-state index in [9.17, 15) is 9.59 Å². The van der Waals surface area contributed by atoms with Crippen molar-refractivity contribution in [2.75, 3.05) is 19.8 Å². The van der Waals surface area contributed by atoms with Crippen molar-refractivity contribution in [2.45, 2.75) is 19.5 Å². The predicted molar refractivity (Wildman–Crippen MR) is 64.5 cm³/mol. The van der Waals surface area contributed by atoms with Gasteiger partial charge in [0.1, 0.15) is 5.92 Å². The number of likely N-dealkylation sites (N-methyl/N-ethyl adjacent to an activating group) is 1. The third kappa shape index (κ3) is 3.02. The fourth-order valence-electron chi connectivity index (χ4n) is 2.13. The van der Waals surface area contributed by atoms with E-state index >= 15 is 0 Å². The number of H-pyrrole nitrogens is 1. The van der Waals surface area contributed by atoms with Gasteiger partial charge >= 0.3 is 12.0 Å². The highest BCUT2D eigenvalue weighted by molar-refractivity contribution is 5.77. The minimum atomic E-state index is -0.961. The van der Waals surface area contributed by atoms with Crippen LogP contribution >= 0.6 is 0 Å². The molecular formula is C10H16N6O4. The Labute approximate surface area is 114 Å². The Morgan fingerprint density at radius 2 is 2.35 bits per heavy atom. The SMILES string of the molecule is CCN(C(=O)NCc1nn[nH]n1)C1COCC1C(=O)O. The van der Waals surface area contributed by atoms with Crippen LogP contribution in [0.5, 0.6) is 0 Å². The number of carbonyl (C=O) groups excluding carboxylic acids is 1. The molecule has 110 valence electrons. The van der Waals surface area contributed by atoms with Crippen LogP contribution in [-0.4, -0.2) is 68.4 Å². The summed E-state index contributed by atoms with van der Waals surface area (Å²) in [5.41, 5.74) is 0. The zero-order valence-corrected chi connectivity index (χ0v) is 10.9. The number of hydrogen-bond acceptors (Lipinski definition) is 6. The Balaban J connectivity index is 1.96. The Morgan fingerprint density at radius 3 is 2.95 bits per heavy atom. The van der Waals surface area contributed by atoms with Gasteiger partial charge in [-0.3, -0.25) is 4.79 Å². The molecule has 20 heavy (non-hydrogen) atoms. The molecule has 2 unspecified atom stereocenters. The standard InChI is InChI=1S/C10H16N6O4/c1-2-16(7-5-20-4-6(7)9(17)18)10(19)11-3-8-12-14-15-13-8/h6-7H,2-5H2,1H3,(H,11,19)(H,17,18)(H,12,13,14,15). The number of rotatable bonds is 5. The number of aromatic nitrogens is 4. The van der Waals surface area contributed by atoms with E-state index in [2.05, 4.69) is 25.9 Å². The highest BCUT2D eigenvalue weighted by Crippen LogP contribution is 2.20. The number of amides is 2. The third-order valence-corrected chi connectivity index (χ3v) is 3.16. The van der Waals surface area contributed by atoms with Crippen LogP contribution in [0.25, 0.3) is 0 Å². The number of carbonyl (C=O) groups is 2. The van der Waals surface area contributed by atoms with E-state index in [0.717, 1.165) is 0 Å². The van der Waals surface area contributed by atoms with Crippen molar-refractivity contribution < 1.29 is 19.4 Å². The lowest BCUT2D eigenvalue weighted by atomic mass is 10.0. The number of aromatic amines is 1. The Bertz CT molecular complexity index is 464. The van der Waals surface area contributed by atoms with Crippen LogP contribution in [0.15, 0.2) is 0 Å². The molecule has 0 radical (unpaired) electrons. The lowest BCUT2D eigenvalue weighted by Crippen LogP contribution is -2.50. The molecule has 0 spiro atoms. The molecule has 1 saturated heterocycles. The summed E-state index contributed by atoms with van der Waals surface area (Å²) in [4.78, 5) is 24.7. The summed E-state index contributed by atoms with van der Waals surface area (Å²) >= 11 is 0. The molecular weight excluding hydrogens is 268 g/mol. The average molecular weight is 284 g/mol. The van der Waals surface area contributed by atoms with Crippen molar-refractivity contribution in [1.82, 2.24) is 30.8 Å². The molecule has 0 aromatic carbocycles. The summed E-state index contributed by atoms with van der Waals surface area (Å²) in [6, 6.07) is -0.846. The van der Waals surface area contributed by atoms with Crippen LogP contribution in [0.1, 0.15) is 12.7 Å². The third-order valence-electron chi connectivity index (χ3n) is 3.16. The molecule has 2 rings (SSSR count). The minimum Gasteiger partial charge on any atom is -0.481 e. The van der Waals surface area contributed by atoms with Crippen LogP contribution in [-0.2, 0) is 16.1 Å². The van der Waals surface area contributed by atoms with Gasteiger partial charge in [0, 0.05) is 6.54 Å². The van der Waals surface area contributed by atoms with Gasteiger partial charge in [-0.2, -0.15) is 5.21 Å². The number of aliphatic carboxylic acids is 1. The Kier molecular flexibility index (Phi) is 4.45. The van der Waals surface area contributed by atoms with Crippen molar-refractivity contribution in [3.63, 3.8) is 0 Å². The fraction of sp³-hybridized carbons (Fsp3) is 0.700. The molecule has 1 aliphatic rings. The van der Waals surface area contributed by atoms with Gasteiger partial charge < -0.3 is 20.1 Å². The van der Waals surface area contributed by atoms with E-state index < -0.39 is 17.9 Å². The molecule has 0 aliphatic carbocycles. The number of urea groups is 1. The summed E-state index contributed by atoms with van der Waals surface area (Å²) in [5, 5.41) is 24.8. The first-order chi connectivity index (χ1) is 9.63. The minimum absolute atomic E-state index is 0.120. The second kappa shape index (κ2) is 6.28. The zero-order valence-electron chi connectivity index (χ0n) is 10.9. The molecule has 10 heteroatoms. The van der Waals surface area contributed by atoms with Crippen molar-refractivity contribution in [3.05, 3.63) is 5.82 Å². The lowest BCUT2D eigenvalue weighted by molar-refractivity contribution is -0.142. The molecule has 1 aromatic heterocycles. The smallest absolute Gasteiger partial charge is 0.318 e. The van der Waals surface area contributed by atoms with E-state index in [0.29, 0.717) is 12.4 Å². The van der Waals surface area contributed by atoms with Crippen LogP contribution in [0.4, 0.5) is 4.79 Å². The monoisotopic (exact) mass is 284 g/mol. The molecule has 2 amide bonds. The second-order valence-corrected chi connectivity index (χ2v) is 4.32. The molecule has 1 aromatic rings. The van der Waals surface area contributed by atoms with Crippen LogP contribution in [0.3, 0.4) is 0 Å². The molecule has 1 aliphatic heterocycles. The van der Waals surface area contributed by atoms with Gasteiger partial charge in [0.15, 0.2) is 5.82 Å². The highest BCUT2D eigenvalue weighted by atomic mass is 16.5. The van der Waals surface area contributed by atoms with Crippen LogP contribution in [0.2, 0.25) is 0 Å². The van der Waals surface area contributed by atoms with Crippen LogP contribution in [0, 0.1) is 5.92 Å². The summed E-state index contributed by atoms with van der Waals surface area (Å²) in [6.45, 7) is 2.63. The topological polar surface area (TPSA) is 133 Å². The summed E-state index contributed by atoms with van der Waals surface area (Å²) in [7, 11) is 0. The maximum absolute atomic E-state index is 12.1. The molecule has 0 saturated carbocycles. The van der Waals surface area contributed by atoms with E-state index in [1.165, 1.54) is 4.90 Å². The Morgan fingerprint density at radius 1 is 1.55 bits per heavy atom. The molecule has 3 N–H and O–H groups in total.